The smallest absolute Gasteiger partial charge is 0.373 e. The van der Waals surface area contributed by atoms with Gasteiger partial charge in [0.05, 0.1) is 5.56 Å². The highest BCUT2D eigenvalue weighted by Crippen LogP contribution is 2.35. The Morgan fingerprint density at radius 2 is 2.05 bits per heavy atom. The molecule has 1 atom stereocenters. The van der Waals surface area contributed by atoms with Crippen LogP contribution in [-0.4, -0.2) is 40.8 Å². The molecule has 8 heteroatoms. The van der Waals surface area contributed by atoms with E-state index in [0.29, 0.717) is 12.0 Å². The lowest BCUT2D eigenvalue weighted by atomic mass is 9.80. The number of allylic oxidation sites excluding steroid dienone is 3. The Morgan fingerprint density at radius 3 is 2.76 bits per heavy atom. The molecule has 0 saturated heterocycles. The first-order valence-corrected chi connectivity index (χ1v) is 12.1. The molecule has 0 radical (unpaired) electrons. The van der Waals surface area contributed by atoms with Gasteiger partial charge in [0, 0.05) is 62.0 Å². The van der Waals surface area contributed by atoms with Crippen molar-refractivity contribution in [3.63, 3.8) is 0 Å². The van der Waals surface area contributed by atoms with Crippen molar-refractivity contribution in [3.8, 4) is 11.8 Å². The van der Waals surface area contributed by atoms with E-state index in [-0.39, 0.29) is 17.3 Å². The maximum atomic E-state index is 13.0. The maximum absolute atomic E-state index is 13.0. The van der Waals surface area contributed by atoms with Crippen molar-refractivity contribution in [1.82, 2.24) is 14.9 Å². The minimum absolute atomic E-state index is 0.0590. The van der Waals surface area contributed by atoms with Crippen molar-refractivity contribution in [2.45, 2.75) is 39.4 Å². The Kier molecular flexibility index (Phi) is 7.65. The topological polar surface area (TPSA) is 58.1 Å². The molecular weight excluding hydrogens is 477 g/mol. The zero-order valence-corrected chi connectivity index (χ0v) is 21.2. The fourth-order valence-corrected chi connectivity index (χ4v) is 4.82. The molecule has 37 heavy (non-hydrogen) atoms. The summed E-state index contributed by atoms with van der Waals surface area (Å²) in [6, 6.07) is 3.02. The monoisotopic (exact) mass is 506 g/mol. The van der Waals surface area contributed by atoms with E-state index >= 15 is 0 Å². The molecule has 5 nitrogen and oxygen atoms in total. The summed E-state index contributed by atoms with van der Waals surface area (Å²) in [5.41, 5.74) is 5.01. The SMILES string of the molecule is C=C(C)c1cc(CN2CCC3=C(CC(C)C=C3C(=O)C#Cc3cncc(C(F)(F)F)c3)C2)cnc1NC. The average molecular weight is 507 g/mol. The first kappa shape index (κ1) is 26.4. The van der Waals surface area contributed by atoms with Crippen molar-refractivity contribution in [3.05, 3.63) is 82.4 Å². The lowest BCUT2D eigenvalue weighted by molar-refractivity contribution is -0.137. The van der Waals surface area contributed by atoms with Crippen LogP contribution >= 0.6 is 0 Å². The van der Waals surface area contributed by atoms with Crippen LogP contribution in [0, 0.1) is 17.8 Å². The molecule has 1 N–H and O–H groups in total. The van der Waals surface area contributed by atoms with Gasteiger partial charge in [-0.1, -0.05) is 31.1 Å². The summed E-state index contributed by atoms with van der Waals surface area (Å²) >= 11 is 0. The van der Waals surface area contributed by atoms with Crippen LogP contribution in [0.4, 0.5) is 19.0 Å². The molecule has 2 aliphatic rings. The third kappa shape index (κ3) is 6.17. The summed E-state index contributed by atoms with van der Waals surface area (Å²) in [6.45, 7) is 10.3. The second-order valence-corrected chi connectivity index (χ2v) is 9.61. The molecule has 1 unspecified atom stereocenters. The number of hydrogen-bond acceptors (Lipinski definition) is 5. The van der Waals surface area contributed by atoms with Crippen molar-refractivity contribution in [1.29, 1.82) is 0 Å². The van der Waals surface area contributed by atoms with Gasteiger partial charge in [-0.2, -0.15) is 13.2 Å². The summed E-state index contributed by atoms with van der Waals surface area (Å²) in [7, 11) is 1.84. The lowest BCUT2D eigenvalue weighted by Crippen LogP contribution is -2.34. The van der Waals surface area contributed by atoms with Crippen LogP contribution in [0.1, 0.15) is 48.9 Å². The number of halogens is 3. The molecule has 2 aromatic heterocycles. The Hall–Kier alpha value is -3.70. The van der Waals surface area contributed by atoms with Gasteiger partial charge in [-0.15, -0.1) is 0 Å². The van der Waals surface area contributed by atoms with Crippen LogP contribution in [0.3, 0.4) is 0 Å². The average Bonchev–Trinajstić information content (AvgIpc) is 2.86. The van der Waals surface area contributed by atoms with E-state index in [1.807, 2.05) is 26.2 Å². The zero-order valence-electron chi connectivity index (χ0n) is 21.2. The summed E-state index contributed by atoms with van der Waals surface area (Å²) in [6.07, 6.45) is 2.85. The Bertz CT molecular complexity index is 1360. The van der Waals surface area contributed by atoms with E-state index < -0.39 is 11.7 Å². The number of ketones is 1. The molecule has 3 heterocycles. The van der Waals surface area contributed by atoms with E-state index in [2.05, 4.69) is 51.6 Å². The van der Waals surface area contributed by atoms with Gasteiger partial charge >= 0.3 is 6.18 Å². The minimum Gasteiger partial charge on any atom is -0.373 e. The van der Waals surface area contributed by atoms with Crippen LogP contribution in [0.2, 0.25) is 0 Å². The number of anilines is 1. The van der Waals surface area contributed by atoms with Gasteiger partial charge in [0.2, 0.25) is 5.78 Å². The van der Waals surface area contributed by atoms with Crippen molar-refractivity contribution in [2.75, 3.05) is 25.5 Å². The van der Waals surface area contributed by atoms with Crippen LogP contribution in [-0.2, 0) is 17.5 Å². The third-order valence-corrected chi connectivity index (χ3v) is 6.54. The summed E-state index contributed by atoms with van der Waals surface area (Å²) in [5.74, 6) is 5.72. The molecule has 192 valence electrons. The number of Topliss-reactive ketones (excluding diaryl/α,β-unsaturated/α-hetero) is 1. The van der Waals surface area contributed by atoms with E-state index in [1.165, 1.54) is 11.8 Å². The molecule has 0 fully saturated rings. The molecule has 0 amide bonds. The fraction of sp³-hybridized carbons (Fsp3) is 0.345. The Labute approximate surface area is 215 Å². The van der Waals surface area contributed by atoms with Crippen LogP contribution in [0.15, 0.2) is 60.1 Å². The van der Waals surface area contributed by atoms with Crippen molar-refractivity contribution >= 4 is 17.2 Å². The fourth-order valence-electron chi connectivity index (χ4n) is 4.82. The number of carbonyl (C=O) groups is 1. The molecule has 2 aromatic rings. The predicted molar refractivity (Wildman–Crippen MR) is 138 cm³/mol. The van der Waals surface area contributed by atoms with Gasteiger partial charge in [-0.3, -0.25) is 14.7 Å². The van der Waals surface area contributed by atoms with Crippen LogP contribution < -0.4 is 5.32 Å². The van der Waals surface area contributed by atoms with E-state index in [9.17, 15) is 18.0 Å². The maximum Gasteiger partial charge on any atom is 0.417 e. The number of alkyl halides is 3. The van der Waals surface area contributed by atoms with Crippen molar-refractivity contribution < 1.29 is 18.0 Å². The minimum atomic E-state index is -4.51. The molecule has 0 spiro atoms. The van der Waals surface area contributed by atoms with Gasteiger partial charge in [-0.05, 0) is 60.4 Å². The van der Waals surface area contributed by atoms with Gasteiger partial charge in [0.1, 0.15) is 5.82 Å². The summed E-state index contributed by atoms with van der Waals surface area (Å²) < 4.78 is 38.9. The Morgan fingerprint density at radius 1 is 1.27 bits per heavy atom. The van der Waals surface area contributed by atoms with E-state index in [1.54, 1.807) is 0 Å². The molecule has 0 bridgehead atoms. The van der Waals surface area contributed by atoms with Gasteiger partial charge in [-0.25, -0.2) is 4.98 Å². The first-order valence-electron chi connectivity index (χ1n) is 12.1. The van der Waals surface area contributed by atoms with E-state index in [0.717, 1.165) is 66.4 Å². The largest absolute Gasteiger partial charge is 0.417 e. The Balaban J connectivity index is 1.51. The van der Waals surface area contributed by atoms with Crippen LogP contribution in [0.5, 0.6) is 0 Å². The number of aromatic nitrogens is 2. The highest BCUT2D eigenvalue weighted by molar-refractivity contribution is 6.12. The zero-order chi connectivity index (χ0) is 26.7. The number of carbonyl (C=O) groups excluding carboxylic acids is 1. The number of nitrogens with one attached hydrogen (secondary N) is 1. The molecular formula is C29H29F3N4O. The van der Waals surface area contributed by atoms with Crippen LogP contribution in [0.25, 0.3) is 5.57 Å². The molecule has 0 aromatic carbocycles. The first-order chi connectivity index (χ1) is 17.5. The van der Waals surface area contributed by atoms with Gasteiger partial charge < -0.3 is 5.32 Å². The molecule has 1 aliphatic heterocycles. The lowest BCUT2D eigenvalue weighted by Gasteiger charge is -2.34. The highest BCUT2D eigenvalue weighted by atomic mass is 19.4. The number of nitrogens with zero attached hydrogens (tertiary/aromatic N) is 3. The highest BCUT2D eigenvalue weighted by Gasteiger charge is 2.31. The number of hydrogen-bond donors (Lipinski definition) is 1. The summed E-state index contributed by atoms with van der Waals surface area (Å²) in [4.78, 5) is 23.5. The molecule has 0 saturated carbocycles. The molecule has 4 rings (SSSR count). The molecule has 1 aliphatic carbocycles. The standard InChI is InChI=1S/C29H29F3N4O/c1-18(2)25-12-21(14-35-28(25)33-4)16-36-8-7-24-22(17-36)9-19(3)10-26(24)27(37)6-5-20-11-23(15-34-13-20)29(30,31)32/h10-15,19H,1,7-9,16-17H2,2-4H3,(H,33,35). The van der Waals surface area contributed by atoms with Gasteiger partial charge in [0.15, 0.2) is 0 Å². The third-order valence-electron chi connectivity index (χ3n) is 6.54. The number of rotatable bonds is 5. The van der Waals surface area contributed by atoms with Crippen molar-refractivity contribution in [2.24, 2.45) is 5.92 Å². The van der Waals surface area contributed by atoms with E-state index in [4.69, 9.17) is 0 Å². The summed E-state index contributed by atoms with van der Waals surface area (Å²) in [5, 5.41) is 3.10. The van der Waals surface area contributed by atoms with Gasteiger partial charge in [0.25, 0.3) is 0 Å². The second kappa shape index (κ2) is 10.7. The second-order valence-electron chi connectivity index (χ2n) is 9.61. The quantitative estimate of drug-likeness (QED) is 0.531. The number of pyridine rings is 2. The predicted octanol–water partition coefficient (Wildman–Crippen LogP) is 5.66. The normalized spacial score (nSPS) is 17.9.